The molecule has 3 aromatic rings. The van der Waals surface area contributed by atoms with Crippen molar-refractivity contribution in [3.63, 3.8) is 0 Å². The summed E-state index contributed by atoms with van der Waals surface area (Å²) in [6.45, 7) is 8.28. The number of aliphatic hydroxyl groups excluding tert-OH is 1. The van der Waals surface area contributed by atoms with E-state index in [0.29, 0.717) is 48.8 Å². The lowest BCUT2D eigenvalue weighted by Gasteiger charge is -2.37. The van der Waals surface area contributed by atoms with Crippen LogP contribution in [0.5, 0.6) is 0 Å². The quantitative estimate of drug-likeness (QED) is 0.601. The first-order chi connectivity index (χ1) is 16.4. The van der Waals surface area contributed by atoms with Crippen molar-refractivity contribution in [3.05, 3.63) is 75.2 Å². The van der Waals surface area contributed by atoms with Gasteiger partial charge in [-0.1, -0.05) is 6.07 Å². The number of nitriles is 1. The molecule has 0 amide bonds. The molecular weight excluding hydrogens is 430 g/mol. The maximum absolute atomic E-state index is 11.9. The van der Waals surface area contributed by atoms with Gasteiger partial charge < -0.3 is 9.84 Å². The van der Waals surface area contributed by atoms with Crippen molar-refractivity contribution in [2.24, 2.45) is 0 Å². The number of aryl methyl sites for hydroxylation is 2. The van der Waals surface area contributed by atoms with Gasteiger partial charge in [-0.25, -0.2) is 14.5 Å². The molecule has 2 aliphatic rings. The van der Waals surface area contributed by atoms with Crippen LogP contribution >= 0.6 is 0 Å². The van der Waals surface area contributed by atoms with Crippen LogP contribution in [0.1, 0.15) is 61.8 Å². The van der Waals surface area contributed by atoms with Gasteiger partial charge in [0, 0.05) is 42.9 Å². The molecule has 0 aliphatic carbocycles. The normalized spacial score (nSPS) is 20.1. The van der Waals surface area contributed by atoms with Gasteiger partial charge in [-0.2, -0.15) is 10.4 Å². The molecule has 5 rings (SSSR count). The molecule has 0 radical (unpaired) electrons. The molecule has 34 heavy (non-hydrogen) atoms. The van der Waals surface area contributed by atoms with Gasteiger partial charge in [-0.05, 0) is 56.0 Å². The van der Waals surface area contributed by atoms with Crippen molar-refractivity contribution in [3.8, 4) is 11.9 Å². The molecule has 0 saturated carbocycles. The highest BCUT2D eigenvalue weighted by molar-refractivity contribution is 5.94. The van der Waals surface area contributed by atoms with Crippen molar-refractivity contribution >= 4 is 5.97 Å². The summed E-state index contributed by atoms with van der Waals surface area (Å²) in [4.78, 5) is 18.8. The predicted octanol–water partition coefficient (Wildman–Crippen LogP) is 3.09. The molecule has 0 spiro atoms. The Bertz CT molecular complexity index is 1300. The molecule has 8 nitrogen and oxygen atoms in total. The minimum absolute atomic E-state index is 0.0321. The van der Waals surface area contributed by atoms with Crippen LogP contribution in [-0.4, -0.2) is 49.9 Å². The number of benzene rings is 1. The summed E-state index contributed by atoms with van der Waals surface area (Å²) in [5, 5.41) is 24.6. The highest BCUT2D eigenvalue weighted by atomic mass is 16.5. The smallest absolute Gasteiger partial charge is 0.338 e. The van der Waals surface area contributed by atoms with Gasteiger partial charge in [0.2, 0.25) is 0 Å². The summed E-state index contributed by atoms with van der Waals surface area (Å²) in [5.74, 6) is 0.391. The number of ether oxygens (including phenoxy) is 1. The highest BCUT2D eigenvalue weighted by Gasteiger charge is 2.33. The van der Waals surface area contributed by atoms with E-state index in [9.17, 15) is 15.2 Å². The largest absolute Gasteiger partial charge is 0.457 e. The molecule has 174 valence electrons. The minimum atomic E-state index is -0.428. The van der Waals surface area contributed by atoms with E-state index < -0.39 is 6.10 Å². The number of pyridine rings is 1. The predicted molar refractivity (Wildman–Crippen MR) is 124 cm³/mol. The number of hydrogen-bond acceptors (Lipinski definition) is 7. The first-order valence-corrected chi connectivity index (χ1v) is 11.5. The average molecular weight is 458 g/mol. The zero-order valence-electron chi connectivity index (χ0n) is 19.6. The number of likely N-dealkylation sites (tertiary alicyclic amines) is 1. The van der Waals surface area contributed by atoms with Crippen molar-refractivity contribution in [2.75, 3.05) is 13.1 Å². The van der Waals surface area contributed by atoms with Crippen molar-refractivity contribution in [1.29, 1.82) is 5.26 Å². The topological polar surface area (TPSA) is 104 Å². The number of aliphatic hydroxyl groups is 1. The molecule has 1 fully saturated rings. The van der Waals surface area contributed by atoms with Crippen LogP contribution in [0, 0.1) is 32.1 Å². The Morgan fingerprint density at radius 3 is 2.88 bits per heavy atom. The maximum Gasteiger partial charge on any atom is 0.338 e. The van der Waals surface area contributed by atoms with E-state index in [0.717, 1.165) is 34.4 Å². The zero-order valence-corrected chi connectivity index (χ0v) is 19.6. The minimum Gasteiger partial charge on any atom is -0.457 e. The number of esters is 1. The fourth-order valence-corrected chi connectivity index (χ4v) is 5.15. The Kier molecular flexibility index (Phi) is 5.68. The van der Waals surface area contributed by atoms with Gasteiger partial charge in [0.05, 0.1) is 29.1 Å². The third-order valence-electron chi connectivity index (χ3n) is 7.04. The molecule has 1 N–H and O–H groups in total. The number of piperidine rings is 1. The number of rotatable bonds is 4. The van der Waals surface area contributed by atoms with Gasteiger partial charge >= 0.3 is 5.97 Å². The Balaban J connectivity index is 1.34. The second kappa shape index (κ2) is 8.67. The number of aromatic nitrogens is 3. The van der Waals surface area contributed by atoms with E-state index in [1.54, 1.807) is 4.68 Å². The van der Waals surface area contributed by atoms with E-state index in [1.165, 1.54) is 0 Å². The third-order valence-corrected chi connectivity index (χ3v) is 7.04. The fraction of sp³-hybridized carbons (Fsp3) is 0.385. The Morgan fingerprint density at radius 2 is 2.12 bits per heavy atom. The molecule has 1 saturated heterocycles. The van der Waals surface area contributed by atoms with E-state index >= 15 is 0 Å². The van der Waals surface area contributed by atoms with Crippen LogP contribution in [-0.2, 0) is 17.9 Å². The Hall–Kier alpha value is -3.54. The average Bonchev–Trinajstić information content (AvgIpc) is 3.43. The SMILES string of the molecule is Cc1cc(-n2cc(CN3CC[C@@H](O)[C@H](c4ccc5c(c4C)COC5=O)C3)cn2)nc(C)c1C#N. The Morgan fingerprint density at radius 1 is 1.29 bits per heavy atom. The molecule has 0 bridgehead atoms. The lowest BCUT2D eigenvalue weighted by Crippen LogP contribution is -2.41. The molecule has 4 heterocycles. The monoisotopic (exact) mass is 457 g/mol. The van der Waals surface area contributed by atoms with Crippen LogP contribution in [0.25, 0.3) is 5.82 Å². The summed E-state index contributed by atoms with van der Waals surface area (Å²) < 4.78 is 6.94. The van der Waals surface area contributed by atoms with Gasteiger partial charge in [0.25, 0.3) is 0 Å². The summed E-state index contributed by atoms with van der Waals surface area (Å²) >= 11 is 0. The molecule has 0 unspecified atom stereocenters. The summed E-state index contributed by atoms with van der Waals surface area (Å²) in [6.07, 6.45) is 4.06. The standard InChI is InChI=1S/C26H27N5O3/c1-15-8-25(29-17(3)21(15)9-27)31-12-18(10-28-31)11-30-7-6-24(32)22(13-30)19-4-5-20-23(16(19)2)14-34-26(20)33/h4-5,8,10,12,22,24,32H,6-7,11,13-14H2,1-3H3/t22-,24+/m0/s1. The number of fused-ring (bicyclic) bond motifs is 1. The van der Waals surface area contributed by atoms with Crippen LogP contribution < -0.4 is 0 Å². The molecular formula is C26H27N5O3. The van der Waals surface area contributed by atoms with Gasteiger partial charge in [-0.15, -0.1) is 0 Å². The third kappa shape index (κ3) is 3.87. The van der Waals surface area contributed by atoms with Crippen LogP contribution in [0.2, 0.25) is 0 Å². The summed E-state index contributed by atoms with van der Waals surface area (Å²) in [7, 11) is 0. The molecule has 1 aromatic carbocycles. The van der Waals surface area contributed by atoms with E-state index in [2.05, 4.69) is 21.1 Å². The van der Waals surface area contributed by atoms with Crippen LogP contribution in [0.4, 0.5) is 0 Å². The van der Waals surface area contributed by atoms with Crippen molar-refractivity contribution < 1.29 is 14.6 Å². The van der Waals surface area contributed by atoms with Crippen molar-refractivity contribution in [1.82, 2.24) is 19.7 Å². The summed E-state index contributed by atoms with van der Waals surface area (Å²) in [6, 6.07) is 7.88. The number of carbonyl (C=O) groups excluding carboxylic acids is 1. The number of carbonyl (C=O) groups is 1. The second-order valence-electron chi connectivity index (χ2n) is 9.24. The lowest BCUT2D eigenvalue weighted by atomic mass is 9.83. The number of nitrogens with zero attached hydrogens (tertiary/aromatic N) is 5. The van der Waals surface area contributed by atoms with Crippen LogP contribution in [0.15, 0.2) is 30.6 Å². The molecule has 2 aromatic heterocycles. The molecule has 2 aliphatic heterocycles. The lowest BCUT2D eigenvalue weighted by molar-refractivity contribution is 0.0532. The van der Waals surface area contributed by atoms with Gasteiger partial charge in [0.1, 0.15) is 12.7 Å². The van der Waals surface area contributed by atoms with Crippen molar-refractivity contribution in [2.45, 2.75) is 52.4 Å². The summed E-state index contributed by atoms with van der Waals surface area (Å²) in [5.41, 5.74) is 6.93. The van der Waals surface area contributed by atoms with Gasteiger partial charge in [0.15, 0.2) is 5.82 Å². The van der Waals surface area contributed by atoms with Crippen LogP contribution in [0.3, 0.4) is 0 Å². The first kappa shape index (κ1) is 22.3. The molecule has 8 heteroatoms. The zero-order chi connectivity index (χ0) is 24.0. The number of cyclic esters (lactones) is 1. The highest BCUT2D eigenvalue weighted by Crippen LogP contribution is 2.34. The second-order valence-corrected chi connectivity index (χ2v) is 9.24. The Labute approximate surface area is 198 Å². The van der Waals surface area contributed by atoms with E-state index in [4.69, 9.17) is 4.74 Å². The van der Waals surface area contributed by atoms with Gasteiger partial charge in [-0.3, -0.25) is 4.90 Å². The van der Waals surface area contributed by atoms with E-state index in [-0.39, 0.29) is 11.9 Å². The fourth-order valence-electron chi connectivity index (χ4n) is 5.15. The molecule has 2 atom stereocenters. The number of hydrogen-bond donors (Lipinski definition) is 1. The first-order valence-electron chi connectivity index (χ1n) is 11.5. The maximum atomic E-state index is 11.9. The van der Waals surface area contributed by atoms with E-state index in [1.807, 2.05) is 51.4 Å².